The van der Waals surface area contributed by atoms with Crippen LogP contribution in [-0.4, -0.2) is 6.04 Å². The summed E-state index contributed by atoms with van der Waals surface area (Å²) in [4.78, 5) is 0. The van der Waals surface area contributed by atoms with E-state index in [-0.39, 0.29) is 6.04 Å². The molecule has 0 heterocycles. The van der Waals surface area contributed by atoms with E-state index in [2.05, 4.69) is 25.1 Å². The van der Waals surface area contributed by atoms with Gasteiger partial charge in [0.15, 0.2) is 0 Å². The zero-order valence-electron chi connectivity index (χ0n) is 8.92. The van der Waals surface area contributed by atoms with Crippen LogP contribution in [0.2, 0.25) is 0 Å². The van der Waals surface area contributed by atoms with Gasteiger partial charge in [0.2, 0.25) is 0 Å². The molecule has 1 aromatic rings. The Hall–Kier alpha value is -0.820. The number of fused-ring (bicyclic) bond motifs is 1. The first-order valence-corrected chi connectivity index (χ1v) is 5.62. The molecule has 0 radical (unpaired) electrons. The van der Waals surface area contributed by atoms with Gasteiger partial charge < -0.3 is 5.73 Å². The van der Waals surface area contributed by atoms with Crippen LogP contribution in [0, 0.1) is 0 Å². The maximum atomic E-state index is 5.86. The molecule has 0 bridgehead atoms. The van der Waals surface area contributed by atoms with E-state index < -0.39 is 0 Å². The summed E-state index contributed by atoms with van der Waals surface area (Å²) in [5, 5.41) is 0. The van der Waals surface area contributed by atoms with Crippen molar-refractivity contribution in [3.63, 3.8) is 0 Å². The van der Waals surface area contributed by atoms with Crippen LogP contribution in [0.25, 0.3) is 0 Å². The topological polar surface area (TPSA) is 26.0 Å². The molecule has 0 aliphatic heterocycles. The monoisotopic (exact) mass is 189 g/mol. The van der Waals surface area contributed by atoms with Gasteiger partial charge in [-0.3, -0.25) is 0 Å². The third kappa shape index (κ3) is 1.98. The summed E-state index contributed by atoms with van der Waals surface area (Å²) in [6.45, 7) is 2.09. The van der Waals surface area contributed by atoms with Gasteiger partial charge in [0.1, 0.15) is 0 Å². The molecule has 1 heteroatoms. The van der Waals surface area contributed by atoms with Crippen LogP contribution in [0.3, 0.4) is 0 Å². The molecule has 1 unspecified atom stereocenters. The lowest BCUT2D eigenvalue weighted by Gasteiger charge is -2.20. The average Bonchev–Trinajstić information content (AvgIpc) is 2.18. The van der Waals surface area contributed by atoms with Crippen LogP contribution in [0.5, 0.6) is 0 Å². The van der Waals surface area contributed by atoms with Gasteiger partial charge in [0, 0.05) is 6.04 Å². The second kappa shape index (κ2) is 4.14. The van der Waals surface area contributed by atoms with Crippen LogP contribution >= 0.6 is 0 Å². The summed E-state index contributed by atoms with van der Waals surface area (Å²) in [7, 11) is 0. The van der Waals surface area contributed by atoms with E-state index in [4.69, 9.17) is 5.73 Å². The second-order valence-electron chi connectivity index (χ2n) is 4.44. The van der Waals surface area contributed by atoms with Crippen molar-refractivity contribution < 1.29 is 0 Å². The van der Waals surface area contributed by atoms with E-state index in [0.29, 0.717) is 0 Å². The highest BCUT2D eigenvalue weighted by atomic mass is 14.6. The first-order valence-electron chi connectivity index (χ1n) is 5.62. The zero-order chi connectivity index (χ0) is 9.97. The Balaban J connectivity index is 2.30. The molecule has 0 spiro atoms. The molecule has 2 N–H and O–H groups in total. The Morgan fingerprint density at radius 1 is 1.29 bits per heavy atom. The molecule has 0 saturated carbocycles. The van der Waals surface area contributed by atoms with E-state index in [0.717, 1.165) is 6.42 Å². The quantitative estimate of drug-likeness (QED) is 0.760. The third-order valence-corrected chi connectivity index (χ3v) is 3.03. The van der Waals surface area contributed by atoms with Gasteiger partial charge in [-0.25, -0.2) is 0 Å². The van der Waals surface area contributed by atoms with Crippen molar-refractivity contribution in [2.75, 3.05) is 0 Å². The molecule has 0 aromatic heterocycles. The van der Waals surface area contributed by atoms with Gasteiger partial charge in [0.25, 0.3) is 0 Å². The Labute approximate surface area is 86.3 Å². The van der Waals surface area contributed by atoms with E-state index in [1.165, 1.54) is 31.2 Å². The summed E-state index contributed by atoms with van der Waals surface area (Å²) in [5.41, 5.74) is 10.5. The predicted molar refractivity (Wildman–Crippen MR) is 60.4 cm³/mol. The largest absolute Gasteiger partial charge is 0.328 e. The van der Waals surface area contributed by atoms with E-state index in [1.807, 2.05) is 0 Å². The van der Waals surface area contributed by atoms with Crippen molar-refractivity contribution in [3.8, 4) is 0 Å². The normalized spacial score (nSPS) is 17.6. The van der Waals surface area contributed by atoms with E-state index in [1.54, 1.807) is 11.1 Å². The van der Waals surface area contributed by atoms with Crippen molar-refractivity contribution in [2.24, 2.45) is 5.73 Å². The molecule has 1 nitrogen and oxygen atoms in total. The summed E-state index contributed by atoms with van der Waals surface area (Å²) < 4.78 is 0. The fourth-order valence-corrected chi connectivity index (χ4v) is 2.40. The van der Waals surface area contributed by atoms with Gasteiger partial charge in [-0.15, -0.1) is 0 Å². The standard InChI is InChI=1S/C13H19N/c1-10(14)9-12-7-4-6-11-5-2-3-8-13(11)12/h4,6-7,10H,2-3,5,8-9,14H2,1H3. The number of hydrogen-bond acceptors (Lipinski definition) is 1. The Morgan fingerprint density at radius 3 is 2.86 bits per heavy atom. The first kappa shape index (κ1) is 9.72. The zero-order valence-corrected chi connectivity index (χ0v) is 8.92. The van der Waals surface area contributed by atoms with Crippen LogP contribution in [0.15, 0.2) is 18.2 Å². The van der Waals surface area contributed by atoms with Crippen molar-refractivity contribution in [2.45, 2.75) is 45.1 Å². The molecular formula is C13H19N. The molecular weight excluding hydrogens is 170 g/mol. The van der Waals surface area contributed by atoms with E-state index in [9.17, 15) is 0 Å². The van der Waals surface area contributed by atoms with Gasteiger partial charge in [-0.05, 0) is 55.7 Å². The minimum Gasteiger partial charge on any atom is -0.328 e. The molecule has 0 saturated heterocycles. The van der Waals surface area contributed by atoms with Gasteiger partial charge >= 0.3 is 0 Å². The summed E-state index contributed by atoms with van der Waals surface area (Å²) in [6.07, 6.45) is 6.27. The SMILES string of the molecule is CC(N)Cc1cccc2c1CCCC2. The number of nitrogens with two attached hydrogens (primary N) is 1. The minimum atomic E-state index is 0.281. The fourth-order valence-electron chi connectivity index (χ4n) is 2.40. The summed E-state index contributed by atoms with van der Waals surface area (Å²) in [6, 6.07) is 6.98. The molecule has 1 aliphatic rings. The third-order valence-electron chi connectivity index (χ3n) is 3.03. The second-order valence-corrected chi connectivity index (χ2v) is 4.44. The lowest BCUT2D eigenvalue weighted by Crippen LogP contribution is -2.19. The lowest BCUT2D eigenvalue weighted by atomic mass is 9.86. The minimum absolute atomic E-state index is 0.281. The van der Waals surface area contributed by atoms with Crippen LogP contribution in [-0.2, 0) is 19.3 Å². The molecule has 0 amide bonds. The smallest absolute Gasteiger partial charge is 0.00510 e. The van der Waals surface area contributed by atoms with Crippen LogP contribution < -0.4 is 5.73 Å². The number of hydrogen-bond donors (Lipinski definition) is 1. The molecule has 76 valence electrons. The van der Waals surface area contributed by atoms with Gasteiger partial charge in [-0.2, -0.15) is 0 Å². The lowest BCUT2D eigenvalue weighted by molar-refractivity contribution is 0.664. The van der Waals surface area contributed by atoms with Crippen LogP contribution in [0.1, 0.15) is 36.5 Å². The Morgan fingerprint density at radius 2 is 2.07 bits per heavy atom. The van der Waals surface area contributed by atoms with Crippen molar-refractivity contribution in [3.05, 3.63) is 34.9 Å². The fraction of sp³-hybridized carbons (Fsp3) is 0.538. The van der Waals surface area contributed by atoms with Crippen LogP contribution in [0.4, 0.5) is 0 Å². The maximum absolute atomic E-state index is 5.86. The number of rotatable bonds is 2. The van der Waals surface area contributed by atoms with E-state index >= 15 is 0 Å². The Kier molecular flexibility index (Phi) is 2.87. The maximum Gasteiger partial charge on any atom is 0.00510 e. The Bertz CT molecular complexity index is 315. The molecule has 1 aromatic carbocycles. The summed E-state index contributed by atoms with van der Waals surface area (Å²) in [5.74, 6) is 0. The number of aryl methyl sites for hydroxylation is 1. The summed E-state index contributed by atoms with van der Waals surface area (Å²) >= 11 is 0. The van der Waals surface area contributed by atoms with Gasteiger partial charge in [0.05, 0.1) is 0 Å². The van der Waals surface area contributed by atoms with Crippen molar-refractivity contribution in [1.82, 2.24) is 0 Å². The molecule has 2 rings (SSSR count). The molecule has 14 heavy (non-hydrogen) atoms. The average molecular weight is 189 g/mol. The molecule has 0 fully saturated rings. The predicted octanol–water partition coefficient (Wildman–Crippen LogP) is 2.46. The highest BCUT2D eigenvalue weighted by Crippen LogP contribution is 2.24. The highest BCUT2D eigenvalue weighted by molar-refractivity contribution is 5.37. The highest BCUT2D eigenvalue weighted by Gasteiger charge is 2.12. The van der Waals surface area contributed by atoms with Crippen molar-refractivity contribution in [1.29, 1.82) is 0 Å². The van der Waals surface area contributed by atoms with Crippen molar-refractivity contribution >= 4 is 0 Å². The van der Waals surface area contributed by atoms with Gasteiger partial charge in [-0.1, -0.05) is 18.2 Å². The number of benzene rings is 1. The molecule has 1 aliphatic carbocycles. The molecule has 1 atom stereocenters. The first-order chi connectivity index (χ1) is 6.77.